The van der Waals surface area contributed by atoms with Gasteiger partial charge in [-0.25, -0.2) is 4.39 Å². The Morgan fingerprint density at radius 3 is 2.37 bits per heavy atom. The number of aliphatic carboxylic acids is 1. The second kappa shape index (κ2) is 14.9. The molecule has 0 bridgehead atoms. The third-order valence-corrected chi connectivity index (χ3v) is 7.28. The van der Waals surface area contributed by atoms with Crippen molar-refractivity contribution in [1.29, 1.82) is 0 Å². The summed E-state index contributed by atoms with van der Waals surface area (Å²) in [5.41, 5.74) is 6.41. The molecule has 5 aromatic rings. The van der Waals surface area contributed by atoms with Gasteiger partial charge in [0.25, 0.3) is 6.01 Å². The van der Waals surface area contributed by atoms with E-state index in [-0.39, 0.29) is 24.0 Å². The average molecular weight is 581 g/mol. The molecule has 222 valence electrons. The zero-order valence-electron chi connectivity index (χ0n) is 24.8. The summed E-state index contributed by atoms with van der Waals surface area (Å²) in [6, 6.07) is 27.8. The number of oxazole rings is 1. The number of carbonyl (C=O) groups excluding carboxylic acids is 1. The van der Waals surface area contributed by atoms with Crippen LogP contribution < -0.4 is 5.32 Å². The third kappa shape index (κ3) is 8.38. The molecule has 0 saturated heterocycles. The van der Waals surface area contributed by atoms with Gasteiger partial charge in [-0.3, -0.25) is 9.59 Å². The first-order chi connectivity index (χ1) is 20.9. The number of carbonyl (C=O) groups is 2. The highest BCUT2D eigenvalue weighted by molar-refractivity contribution is 5.97. The van der Waals surface area contributed by atoms with Crippen LogP contribution in [0.15, 0.2) is 95.4 Å². The van der Waals surface area contributed by atoms with Gasteiger partial charge >= 0.3 is 5.97 Å². The van der Waals surface area contributed by atoms with Gasteiger partial charge in [0, 0.05) is 23.7 Å². The molecule has 43 heavy (non-hydrogen) atoms. The molecule has 7 heteroatoms. The number of carboxylic acids is 1. The Morgan fingerprint density at radius 2 is 1.67 bits per heavy atom. The van der Waals surface area contributed by atoms with Gasteiger partial charge in [-0.1, -0.05) is 68.4 Å². The van der Waals surface area contributed by atoms with E-state index in [4.69, 9.17) is 4.42 Å². The minimum absolute atomic E-state index is 0.0493. The lowest BCUT2D eigenvalue weighted by atomic mass is 9.92. The van der Waals surface area contributed by atoms with Crippen molar-refractivity contribution >= 4 is 34.6 Å². The van der Waals surface area contributed by atoms with E-state index in [1.54, 1.807) is 12.1 Å². The van der Waals surface area contributed by atoms with Gasteiger partial charge in [0.2, 0.25) is 0 Å². The molecule has 0 fully saturated rings. The first kappa shape index (κ1) is 31.2. The van der Waals surface area contributed by atoms with Crippen molar-refractivity contribution in [1.82, 2.24) is 4.98 Å². The molecule has 0 aliphatic heterocycles. The van der Waals surface area contributed by atoms with Gasteiger partial charge in [-0.15, -0.1) is 0 Å². The van der Waals surface area contributed by atoms with Crippen molar-refractivity contribution in [2.45, 2.75) is 52.9 Å². The number of hydrogen-bond acceptors (Lipinski definition) is 5. The maximum Gasteiger partial charge on any atom is 0.306 e. The van der Waals surface area contributed by atoms with E-state index in [0.717, 1.165) is 35.2 Å². The van der Waals surface area contributed by atoms with Gasteiger partial charge in [-0.05, 0) is 85.2 Å². The van der Waals surface area contributed by atoms with Gasteiger partial charge < -0.3 is 14.8 Å². The predicted octanol–water partition coefficient (Wildman–Crippen LogP) is 9.40. The molecule has 1 heterocycles. The molecular formula is C36H37FN2O4. The van der Waals surface area contributed by atoms with Crippen LogP contribution in [0.2, 0.25) is 0 Å². The van der Waals surface area contributed by atoms with E-state index >= 15 is 0 Å². The Hall–Kier alpha value is -4.78. The topological polar surface area (TPSA) is 92.4 Å². The fraction of sp³-hybridized carbons (Fsp3) is 0.250. The Kier molecular flexibility index (Phi) is 10.8. The lowest BCUT2D eigenvalue weighted by molar-refractivity contribution is -0.142. The number of anilines is 2. The van der Waals surface area contributed by atoms with E-state index < -0.39 is 11.9 Å². The molecule has 0 amide bonds. The van der Waals surface area contributed by atoms with Crippen molar-refractivity contribution in [3.8, 4) is 11.1 Å². The first-order valence-electron chi connectivity index (χ1n) is 14.7. The molecule has 2 N–H and O–H groups in total. The summed E-state index contributed by atoms with van der Waals surface area (Å²) in [6.07, 6.45) is 2.67. The molecule has 5 rings (SSSR count). The van der Waals surface area contributed by atoms with Crippen LogP contribution in [0.1, 0.15) is 61.0 Å². The standard InChI is InChI=1S/C34H31FN2O4.C2H6/c1-22-20-26(31(38)18-13-25(33(39)40)9-5-8-23-6-3-2-4-7-23)12-17-29(22)24-10-15-28(16-11-24)36-34-37-30-21-27(35)14-19-32(30)41-34;1-2/h2-4,6-7,10-12,14-17,19-21,25H,5,8-9,13,18H2,1H3,(H,36,37)(H,39,40);1-2H3. The summed E-state index contributed by atoms with van der Waals surface area (Å²) in [7, 11) is 0. The molecule has 4 aromatic carbocycles. The summed E-state index contributed by atoms with van der Waals surface area (Å²) < 4.78 is 19.1. The van der Waals surface area contributed by atoms with Crippen LogP contribution in [0, 0.1) is 18.7 Å². The maximum absolute atomic E-state index is 13.4. The zero-order chi connectivity index (χ0) is 30.8. The number of halogens is 1. The summed E-state index contributed by atoms with van der Waals surface area (Å²) in [5, 5.41) is 12.8. The molecule has 6 nitrogen and oxygen atoms in total. The fourth-order valence-corrected chi connectivity index (χ4v) is 5.01. The Balaban J connectivity index is 0.00000207. The lowest BCUT2D eigenvalue weighted by Crippen LogP contribution is -2.16. The quantitative estimate of drug-likeness (QED) is 0.143. The van der Waals surface area contributed by atoms with Crippen LogP contribution in [0.3, 0.4) is 0 Å². The van der Waals surface area contributed by atoms with Gasteiger partial charge in [-0.2, -0.15) is 4.98 Å². The summed E-state index contributed by atoms with van der Waals surface area (Å²) in [4.78, 5) is 29.0. The number of ketones is 1. The molecule has 0 aliphatic carbocycles. The molecular weight excluding hydrogens is 543 g/mol. The Bertz CT molecular complexity index is 1660. The van der Waals surface area contributed by atoms with Crippen LogP contribution in [0.4, 0.5) is 16.1 Å². The maximum atomic E-state index is 13.4. The number of rotatable bonds is 12. The molecule has 1 atom stereocenters. The molecule has 1 aromatic heterocycles. The minimum atomic E-state index is -0.847. The third-order valence-electron chi connectivity index (χ3n) is 7.28. The molecule has 1 unspecified atom stereocenters. The second-order valence-electron chi connectivity index (χ2n) is 10.2. The first-order valence-corrected chi connectivity index (χ1v) is 14.7. The number of benzene rings is 4. The molecule has 0 saturated carbocycles. The van der Waals surface area contributed by atoms with Crippen molar-refractivity contribution in [2.24, 2.45) is 5.92 Å². The largest absolute Gasteiger partial charge is 0.481 e. The van der Waals surface area contributed by atoms with E-state index in [1.807, 2.05) is 87.5 Å². The average Bonchev–Trinajstić information content (AvgIpc) is 3.41. The van der Waals surface area contributed by atoms with E-state index in [1.165, 1.54) is 17.7 Å². The number of Topliss-reactive ketones (excluding diaryl/α,β-unsaturated/α-hetero) is 1. The highest BCUT2D eigenvalue weighted by Crippen LogP contribution is 2.28. The van der Waals surface area contributed by atoms with Crippen molar-refractivity contribution < 1.29 is 23.5 Å². The number of aromatic nitrogens is 1. The van der Waals surface area contributed by atoms with Gasteiger partial charge in [0.1, 0.15) is 11.3 Å². The van der Waals surface area contributed by atoms with Crippen LogP contribution in [-0.2, 0) is 11.2 Å². The number of aryl methyl sites for hydroxylation is 2. The summed E-state index contributed by atoms with van der Waals surface area (Å²) in [6.45, 7) is 5.96. The van der Waals surface area contributed by atoms with Crippen LogP contribution in [-0.4, -0.2) is 21.8 Å². The molecule has 0 aliphatic rings. The van der Waals surface area contributed by atoms with Crippen LogP contribution in [0.5, 0.6) is 0 Å². The Morgan fingerprint density at radius 1 is 0.930 bits per heavy atom. The molecule has 0 radical (unpaired) electrons. The van der Waals surface area contributed by atoms with Crippen molar-refractivity contribution in [3.63, 3.8) is 0 Å². The second-order valence-corrected chi connectivity index (χ2v) is 10.2. The minimum Gasteiger partial charge on any atom is -0.481 e. The smallest absolute Gasteiger partial charge is 0.306 e. The van der Waals surface area contributed by atoms with E-state index in [2.05, 4.69) is 10.3 Å². The zero-order valence-corrected chi connectivity index (χ0v) is 24.8. The fourth-order valence-electron chi connectivity index (χ4n) is 5.01. The SMILES string of the molecule is CC.Cc1cc(C(=O)CCC(CCCc2ccccc2)C(=O)O)ccc1-c1ccc(Nc2nc3cc(F)ccc3o2)cc1. The van der Waals surface area contributed by atoms with Crippen LogP contribution in [0.25, 0.3) is 22.2 Å². The number of nitrogens with zero attached hydrogens (tertiary/aromatic N) is 1. The number of fused-ring (bicyclic) bond motifs is 1. The van der Waals surface area contributed by atoms with E-state index in [9.17, 15) is 19.1 Å². The number of nitrogens with one attached hydrogen (secondary N) is 1. The monoisotopic (exact) mass is 580 g/mol. The van der Waals surface area contributed by atoms with Gasteiger partial charge in [0.05, 0.1) is 5.92 Å². The summed E-state index contributed by atoms with van der Waals surface area (Å²) in [5.74, 6) is -1.80. The summed E-state index contributed by atoms with van der Waals surface area (Å²) >= 11 is 0. The lowest BCUT2D eigenvalue weighted by Gasteiger charge is -2.13. The molecule has 0 spiro atoms. The van der Waals surface area contributed by atoms with Crippen LogP contribution >= 0.6 is 0 Å². The van der Waals surface area contributed by atoms with Crippen molar-refractivity contribution in [3.05, 3.63) is 114 Å². The van der Waals surface area contributed by atoms with Crippen molar-refractivity contribution in [2.75, 3.05) is 5.32 Å². The Labute approximate surface area is 251 Å². The highest BCUT2D eigenvalue weighted by Gasteiger charge is 2.19. The number of carboxylic acid groups (broad SMARTS) is 1. The van der Waals surface area contributed by atoms with Gasteiger partial charge in [0.15, 0.2) is 11.4 Å². The van der Waals surface area contributed by atoms with E-state index in [0.29, 0.717) is 29.5 Å². The normalized spacial score (nSPS) is 11.4. The number of hydrogen-bond donors (Lipinski definition) is 2. The predicted molar refractivity (Wildman–Crippen MR) is 169 cm³/mol. The highest BCUT2D eigenvalue weighted by atomic mass is 19.1.